The third kappa shape index (κ3) is 4.48. The van der Waals surface area contributed by atoms with Crippen LogP contribution in [-0.4, -0.2) is 15.0 Å². The molecule has 0 radical (unpaired) electrons. The first-order chi connectivity index (χ1) is 10.5. The molecule has 0 unspecified atom stereocenters. The molecule has 2 N–H and O–H groups in total. The zero-order valence-corrected chi connectivity index (χ0v) is 14.6. The molecule has 2 aromatic rings. The number of benzene rings is 1. The van der Waals surface area contributed by atoms with E-state index < -0.39 is 10.0 Å². The Kier molecular flexibility index (Phi) is 5.85. The number of nitrogens with one attached hydrogen (secondary N) is 2. The van der Waals surface area contributed by atoms with Crippen LogP contribution >= 0.6 is 11.3 Å². The summed E-state index contributed by atoms with van der Waals surface area (Å²) in [7, 11) is -3.49. The molecule has 1 heterocycles. The number of hydrogen-bond donors (Lipinski definition) is 2. The molecule has 1 aromatic carbocycles. The number of aryl methyl sites for hydroxylation is 1. The van der Waals surface area contributed by atoms with E-state index in [1.54, 1.807) is 18.2 Å². The van der Waals surface area contributed by atoms with Crippen molar-refractivity contribution < 1.29 is 8.42 Å². The van der Waals surface area contributed by atoms with Gasteiger partial charge in [0.15, 0.2) is 0 Å². The maximum Gasteiger partial charge on any atom is 0.271 e. The Balaban J connectivity index is 2.03. The summed E-state index contributed by atoms with van der Waals surface area (Å²) in [4.78, 5) is 1.07. The molecule has 0 saturated carbocycles. The normalized spacial score (nSPS) is 11.4. The van der Waals surface area contributed by atoms with Gasteiger partial charge in [0, 0.05) is 22.8 Å². The van der Waals surface area contributed by atoms with E-state index in [0.717, 1.165) is 36.4 Å². The summed E-state index contributed by atoms with van der Waals surface area (Å²) >= 11 is 1.31. The van der Waals surface area contributed by atoms with Crippen molar-refractivity contribution in [2.75, 3.05) is 16.6 Å². The standard InChI is InChI=1S/C16H22N2O2S2/c1-3-5-12-17-13-6-8-14(9-7-13)18-22(19,20)16-11-10-15(4-2)21-16/h6-11,17-18H,3-5,12H2,1-2H3. The lowest BCUT2D eigenvalue weighted by molar-refractivity contribution is 0.603. The largest absolute Gasteiger partial charge is 0.385 e. The van der Waals surface area contributed by atoms with Crippen LogP contribution in [0.3, 0.4) is 0 Å². The fourth-order valence-corrected chi connectivity index (χ4v) is 4.32. The maximum absolute atomic E-state index is 12.3. The summed E-state index contributed by atoms with van der Waals surface area (Å²) in [6, 6.07) is 10.9. The van der Waals surface area contributed by atoms with Crippen molar-refractivity contribution in [3.8, 4) is 0 Å². The molecule has 2 rings (SSSR count). The van der Waals surface area contributed by atoms with Crippen LogP contribution in [0.15, 0.2) is 40.6 Å². The van der Waals surface area contributed by atoms with E-state index >= 15 is 0 Å². The average molecular weight is 338 g/mol. The maximum atomic E-state index is 12.3. The second-order valence-electron chi connectivity index (χ2n) is 5.04. The molecule has 0 bridgehead atoms. The summed E-state index contributed by atoms with van der Waals surface area (Å²) in [5.41, 5.74) is 1.58. The lowest BCUT2D eigenvalue weighted by Crippen LogP contribution is -2.11. The quantitative estimate of drug-likeness (QED) is 0.705. The van der Waals surface area contributed by atoms with Crippen LogP contribution in [0.5, 0.6) is 0 Å². The monoisotopic (exact) mass is 338 g/mol. The van der Waals surface area contributed by atoms with E-state index in [9.17, 15) is 8.42 Å². The van der Waals surface area contributed by atoms with Gasteiger partial charge in [0.1, 0.15) is 4.21 Å². The lowest BCUT2D eigenvalue weighted by atomic mass is 10.2. The first kappa shape index (κ1) is 16.8. The topological polar surface area (TPSA) is 58.2 Å². The van der Waals surface area contributed by atoms with E-state index in [0.29, 0.717) is 9.90 Å². The van der Waals surface area contributed by atoms with Crippen molar-refractivity contribution in [2.45, 2.75) is 37.3 Å². The number of anilines is 2. The zero-order valence-electron chi connectivity index (χ0n) is 12.9. The van der Waals surface area contributed by atoms with Crippen LogP contribution in [0.2, 0.25) is 0 Å². The van der Waals surface area contributed by atoms with Gasteiger partial charge >= 0.3 is 0 Å². The Morgan fingerprint density at radius 1 is 1.00 bits per heavy atom. The van der Waals surface area contributed by atoms with E-state index in [2.05, 4.69) is 17.0 Å². The summed E-state index contributed by atoms with van der Waals surface area (Å²) in [5.74, 6) is 0. The Hall–Kier alpha value is -1.53. The molecular formula is C16H22N2O2S2. The lowest BCUT2D eigenvalue weighted by Gasteiger charge is -2.09. The molecule has 0 fully saturated rings. The molecule has 0 aliphatic rings. The molecular weight excluding hydrogens is 316 g/mol. The van der Waals surface area contributed by atoms with Crippen LogP contribution in [0, 0.1) is 0 Å². The number of thiophene rings is 1. The van der Waals surface area contributed by atoms with E-state index in [-0.39, 0.29) is 0 Å². The molecule has 0 aliphatic carbocycles. The van der Waals surface area contributed by atoms with Gasteiger partial charge in [0.2, 0.25) is 0 Å². The molecule has 120 valence electrons. The summed E-state index contributed by atoms with van der Waals surface area (Å²) in [5, 5.41) is 3.30. The number of unbranched alkanes of at least 4 members (excludes halogenated alkanes) is 1. The SMILES string of the molecule is CCCCNc1ccc(NS(=O)(=O)c2ccc(CC)s2)cc1. The summed E-state index contributed by atoms with van der Waals surface area (Å²) in [6.07, 6.45) is 3.11. The molecule has 22 heavy (non-hydrogen) atoms. The molecule has 6 heteroatoms. The van der Waals surface area contributed by atoms with Gasteiger partial charge in [-0.3, -0.25) is 4.72 Å². The first-order valence-electron chi connectivity index (χ1n) is 7.50. The minimum absolute atomic E-state index is 0.356. The van der Waals surface area contributed by atoms with Gasteiger partial charge in [-0.1, -0.05) is 20.3 Å². The Morgan fingerprint density at radius 3 is 2.27 bits per heavy atom. The summed E-state index contributed by atoms with van der Waals surface area (Å²) in [6.45, 7) is 5.09. The van der Waals surface area contributed by atoms with E-state index in [4.69, 9.17) is 0 Å². The smallest absolute Gasteiger partial charge is 0.271 e. The van der Waals surface area contributed by atoms with Gasteiger partial charge in [0.25, 0.3) is 10.0 Å². The molecule has 0 saturated heterocycles. The van der Waals surface area contributed by atoms with Gasteiger partial charge in [-0.05, 0) is 49.2 Å². The molecule has 1 aromatic heterocycles. The number of sulfonamides is 1. The summed E-state index contributed by atoms with van der Waals surface area (Å²) < 4.78 is 27.6. The number of rotatable bonds is 8. The molecule has 0 amide bonds. The van der Waals surface area contributed by atoms with Gasteiger partial charge < -0.3 is 5.32 Å². The van der Waals surface area contributed by atoms with Crippen LogP contribution in [-0.2, 0) is 16.4 Å². The highest BCUT2D eigenvalue weighted by Crippen LogP contribution is 2.24. The predicted molar refractivity (Wildman–Crippen MR) is 94.3 cm³/mol. The Morgan fingerprint density at radius 2 is 1.68 bits per heavy atom. The van der Waals surface area contributed by atoms with Crippen LogP contribution in [0.4, 0.5) is 11.4 Å². The third-order valence-electron chi connectivity index (χ3n) is 3.25. The van der Waals surface area contributed by atoms with Crippen molar-refractivity contribution in [2.24, 2.45) is 0 Å². The van der Waals surface area contributed by atoms with E-state index in [1.807, 2.05) is 25.1 Å². The minimum atomic E-state index is -3.49. The van der Waals surface area contributed by atoms with Crippen LogP contribution in [0.1, 0.15) is 31.6 Å². The molecule has 4 nitrogen and oxygen atoms in total. The zero-order chi connectivity index (χ0) is 16.0. The highest BCUT2D eigenvalue weighted by atomic mass is 32.2. The van der Waals surface area contributed by atoms with Gasteiger partial charge in [-0.25, -0.2) is 8.42 Å². The highest BCUT2D eigenvalue weighted by Gasteiger charge is 2.16. The predicted octanol–water partition coefficient (Wildman–Crippen LogP) is 4.32. The Labute approximate surface area is 136 Å². The van der Waals surface area contributed by atoms with Crippen molar-refractivity contribution in [3.63, 3.8) is 0 Å². The second kappa shape index (κ2) is 7.65. The minimum Gasteiger partial charge on any atom is -0.385 e. The van der Waals surface area contributed by atoms with Crippen molar-refractivity contribution >= 4 is 32.7 Å². The molecule has 0 atom stereocenters. The van der Waals surface area contributed by atoms with Crippen LogP contribution in [0.25, 0.3) is 0 Å². The van der Waals surface area contributed by atoms with E-state index in [1.165, 1.54) is 11.3 Å². The number of hydrogen-bond acceptors (Lipinski definition) is 4. The molecule has 0 aliphatic heterocycles. The van der Waals surface area contributed by atoms with Gasteiger partial charge in [-0.15, -0.1) is 11.3 Å². The Bertz CT molecular complexity index is 691. The molecule has 0 spiro atoms. The van der Waals surface area contributed by atoms with Crippen molar-refractivity contribution in [3.05, 3.63) is 41.3 Å². The van der Waals surface area contributed by atoms with Crippen molar-refractivity contribution in [1.82, 2.24) is 0 Å². The van der Waals surface area contributed by atoms with Crippen LogP contribution < -0.4 is 10.0 Å². The third-order valence-corrected chi connectivity index (χ3v) is 6.35. The second-order valence-corrected chi connectivity index (χ2v) is 8.12. The highest BCUT2D eigenvalue weighted by molar-refractivity contribution is 7.94. The fraction of sp³-hybridized carbons (Fsp3) is 0.375. The van der Waals surface area contributed by atoms with Gasteiger partial charge in [-0.2, -0.15) is 0 Å². The van der Waals surface area contributed by atoms with Gasteiger partial charge in [0.05, 0.1) is 0 Å². The first-order valence-corrected chi connectivity index (χ1v) is 9.80. The average Bonchev–Trinajstić information content (AvgIpc) is 2.99. The fourth-order valence-electron chi connectivity index (χ4n) is 1.96. The van der Waals surface area contributed by atoms with Crippen molar-refractivity contribution in [1.29, 1.82) is 0 Å².